The lowest BCUT2D eigenvalue weighted by Crippen LogP contribution is -2.50. The summed E-state index contributed by atoms with van der Waals surface area (Å²) in [5, 5.41) is 0.554. The summed E-state index contributed by atoms with van der Waals surface area (Å²) in [6.45, 7) is 9.79. The highest BCUT2D eigenvalue weighted by Crippen LogP contribution is 2.34. The fourth-order valence-electron chi connectivity index (χ4n) is 4.66. The normalized spacial score (nSPS) is 14.4. The first kappa shape index (κ1) is 30.7. The molecule has 1 aliphatic heterocycles. The standard InChI is InChI=1S/C28H37N5O6S2/c1-5-30(6-2)15-20-33(27-29-25-23(38-4)9-8-10-24(25)40-27)26(34)21-11-13-22(14-12-21)41(36,37)32-18-16-31(17-19-32)28(35)39-7-3/h8-14H,5-7,15-20H2,1-4H3. The number of benzene rings is 2. The minimum atomic E-state index is -3.79. The zero-order valence-electron chi connectivity index (χ0n) is 23.9. The fourth-order valence-corrected chi connectivity index (χ4v) is 7.09. The van der Waals surface area contributed by atoms with Gasteiger partial charge >= 0.3 is 6.09 Å². The van der Waals surface area contributed by atoms with Crippen molar-refractivity contribution in [3.63, 3.8) is 0 Å². The molecule has 0 atom stereocenters. The van der Waals surface area contributed by atoms with Gasteiger partial charge in [0.2, 0.25) is 10.0 Å². The average molecular weight is 604 g/mol. The number of piperazine rings is 1. The van der Waals surface area contributed by atoms with Gasteiger partial charge in [-0.05, 0) is 56.4 Å². The number of sulfonamides is 1. The average Bonchev–Trinajstić information content (AvgIpc) is 3.43. The monoisotopic (exact) mass is 603 g/mol. The number of rotatable bonds is 11. The van der Waals surface area contributed by atoms with Crippen LogP contribution >= 0.6 is 11.3 Å². The lowest BCUT2D eigenvalue weighted by Gasteiger charge is -2.33. The van der Waals surface area contributed by atoms with E-state index in [0.29, 0.717) is 35.1 Å². The predicted octanol–water partition coefficient (Wildman–Crippen LogP) is 3.76. The smallest absolute Gasteiger partial charge is 0.409 e. The molecule has 0 N–H and O–H groups in total. The minimum absolute atomic E-state index is 0.0954. The van der Waals surface area contributed by atoms with E-state index in [4.69, 9.17) is 14.5 Å². The third kappa shape index (κ3) is 6.80. The van der Waals surface area contributed by atoms with Crippen molar-refractivity contribution in [1.82, 2.24) is 19.1 Å². The molecule has 1 aromatic heterocycles. The molecule has 3 aromatic rings. The van der Waals surface area contributed by atoms with Crippen molar-refractivity contribution in [2.45, 2.75) is 25.7 Å². The van der Waals surface area contributed by atoms with E-state index < -0.39 is 16.1 Å². The molecule has 0 radical (unpaired) electrons. The number of ether oxygens (including phenoxy) is 2. The van der Waals surface area contributed by atoms with Crippen LogP contribution in [0.2, 0.25) is 0 Å². The molecule has 1 fully saturated rings. The van der Waals surface area contributed by atoms with Crippen LogP contribution in [0.5, 0.6) is 5.75 Å². The Morgan fingerprint density at radius 3 is 2.27 bits per heavy atom. The Bertz CT molecular complexity index is 1450. The number of anilines is 1. The molecule has 222 valence electrons. The van der Waals surface area contributed by atoms with Gasteiger partial charge in [-0.3, -0.25) is 9.69 Å². The molecule has 2 heterocycles. The number of carbonyl (C=O) groups is 2. The summed E-state index contributed by atoms with van der Waals surface area (Å²) in [4.78, 5) is 36.0. The maximum absolute atomic E-state index is 13.8. The highest BCUT2D eigenvalue weighted by molar-refractivity contribution is 7.89. The van der Waals surface area contributed by atoms with Gasteiger partial charge in [0, 0.05) is 44.8 Å². The fraction of sp³-hybridized carbons (Fsp3) is 0.464. The highest BCUT2D eigenvalue weighted by Gasteiger charge is 2.31. The molecule has 0 bridgehead atoms. The molecule has 41 heavy (non-hydrogen) atoms. The van der Waals surface area contributed by atoms with Gasteiger partial charge < -0.3 is 19.3 Å². The van der Waals surface area contributed by atoms with Crippen molar-refractivity contribution in [3.05, 3.63) is 48.0 Å². The second-order valence-corrected chi connectivity index (χ2v) is 12.3. The Morgan fingerprint density at radius 2 is 1.66 bits per heavy atom. The zero-order chi connectivity index (χ0) is 29.6. The van der Waals surface area contributed by atoms with Gasteiger partial charge in [-0.25, -0.2) is 18.2 Å². The number of carbonyl (C=O) groups excluding carboxylic acids is 2. The lowest BCUT2D eigenvalue weighted by molar-refractivity contribution is 0.0933. The van der Waals surface area contributed by atoms with Crippen LogP contribution in [-0.4, -0.2) is 106 Å². The van der Waals surface area contributed by atoms with Crippen molar-refractivity contribution in [2.75, 3.05) is 71.0 Å². The van der Waals surface area contributed by atoms with Crippen molar-refractivity contribution in [1.29, 1.82) is 0 Å². The Kier molecular flexibility index (Phi) is 10.2. The van der Waals surface area contributed by atoms with Crippen LogP contribution in [0.25, 0.3) is 10.2 Å². The SMILES string of the molecule is CCOC(=O)N1CCN(S(=O)(=O)c2ccc(C(=O)N(CCN(CC)CC)c3nc4c(OC)cccc4s3)cc2)CC1. The topological polar surface area (TPSA) is 113 Å². The van der Waals surface area contributed by atoms with Gasteiger partial charge in [0.25, 0.3) is 5.91 Å². The molecule has 4 rings (SSSR count). The molecule has 1 saturated heterocycles. The van der Waals surface area contributed by atoms with E-state index in [9.17, 15) is 18.0 Å². The van der Waals surface area contributed by atoms with Gasteiger partial charge in [-0.15, -0.1) is 0 Å². The third-order valence-corrected chi connectivity index (χ3v) is 10.1. The maximum atomic E-state index is 13.8. The van der Waals surface area contributed by atoms with Gasteiger partial charge in [-0.2, -0.15) is 4.31 Å². The van der Waals surface area contributed by atoms with E-state index in [1.807, 2.05) is 18.2 Å². The Labute approximate surface area is 245 Å². The quantitative estimate of drug-likeness (QED) is 0.326. The number of fused-ring (bicyclic) bond motifs is 1. The summed E-state index contributed by atoms with van der Waals surface area (Å²) in [5.41, 5.74) is 1.06. The van der Waals surface area contributed by atoms with Gasteiger partial charge in [-0.1, -0.05) is 31.3 Å². The summed E-state index contributed by atoms with van der Waals surface area (Å²) in [6, 6.07) is 11.7. The first-order valence-electron chi connectivity index (χ1n) is 13.7. The van der Waals surface area contributed by atoms with Crippen molar-refractivity contribution in [3.8, 4) is 5.75 Å². The second kappa shape index (κ2) is 13.6. The molecule has 11 nitrogen and oxygen atoms in total. The van der Waals surface area contributed by atoms with Crippen LogP contribution < -0.4 is 9.64 Å². The minimum Gasteiger partial charge on any atom is -0.494 e. The van der Waals surface area contributed by atoms with E-state index in [0.717, 1.165) is 17.8 Å². The number of amides is 2. The van der Waals surface area contributed by atoms with Crippen LogP contribution in [0.4, 0.5) is 9.93 Å². The molecule has 0 spiro atoms. The number of hydrogen-bond acceptors (Lipinski definition) is 9. The highest BCUT2D eigenvalue weighted by atomic mass is 32.2. The Morgan fingerprint density at radius 1 is 0.976 bits per heavy atom. The van der Waals surface area contributed by atoms with Crippen LogP contribution in [0.15, 0.2) is 47.4 Å². The number of aromatic nitrogens is 1. The summed E-state index contributed by atoms with van der Waals surface area (Å²) in [5.74, 6) is 0.376. The number of hydrogen-bond donors (Lipinski definition) is 0. The Hall–Kier alpha value is -3.26. The molecule has 0 saturated carbocycles. The van der Waals surface area contributed by atoms with E-state index in [2.05, 4.69) is 18.7 Å². The number of thiazole rings is 1. The number of nitrogens with zero attached hydrogens (tertiary/aromatic N) is 5. The van der Waals surface area contributed by atoms with Gasteiger partial charge in [0.05, 0.1) is 23.3 Å². The lowest BCUT2D eigenvalue weighted by atomic mass is 10.2. The summed E-state index contributed by atoms with van der Waals surface area (Å²) in [6.07, 6.45) is -0.440. The second-order valence-electron chi connectivity index (χ2n) is 9.40. The Balaban J connectivity index is 1.55. The van der Waals surface area contributed by atoms with E-state index in [1.54, 1.807) is 31.1 Å². The van der Waals surface area contributed by atoms with E-state index >= 15 is 0 Å². The molecule has 2 amide bonds. The van der Waals surface area contributed by atoms with Gasteiger partial charge in [0.15, 0.2) is 5.13 Å². The summed E-state index contributed by atoms with van der Waals surface area (Å²) >= 11 is 1.41. The predicted molar refractivity (Wildman–Crippen MR) is 159 cm³/mol. The van der Waals surface area contributed by atoms with Crippen LogP contribution in [0.3, 0.4) is 0 Å². The molecular weight excluding hydrogens is 566 g/mol. The maximum Gasteiger partial charge on any atom is 0.409 e. The van der Waals surface area contributed by atoms with Gasteiger partial charge in [0.1, 0.15) is 11.3 Å². The van der Waals surface area contributed by atoms with E-state index in [-0.39, 0.29) is 43.6 Å². The first-order chi connectivity index (χ1) is 19.7. The molecule has 0 aliphatic carbocycles. The molecular formula is C28H37N5O6S2. The number of likely N-dealkylation sites (N-methyl/N-ethyl adjacent to an activating group) is 1. The van der Waals surface area contributed by atoms with Crippen molar-refractivity contribution in [2.24, 2.45) is 0 Å². The van der Waals surface area contributed by atoms with Crippen LogP contribution in [0, 0.1) is 0 Å². The molecule has 1 aliphatic rings. The van der Waals surface area contributed by atoms with Crippen LogP contribution in [0.1, 0.15) is 31.1 Å². The first-order valence-corrected chi connectivity index (χ1v) is 16.0. The molecule has 13 heteroatoms. The van der Waals surface area contributed by atoms with E-state index in [1.165, 1.54) is 32.7 Å². The van der Waals surface area contributed by atoms with Crippen molar-refractivity contribution < 1.29 is 27.5 Å². The third-order valence-electron chi connectivity index (χ3n) is 7.10. The van der Waals surface area contributed by atoms with Crippen molar-refractivity contribution >= 4 is 48.7 Å². The molecule has 0 unspecified atom stereocenters. The zero-order valence-corrected chi connectivity index (χ0v) is 25.5. The molecule has 2 aromatic carbocycles. The van der Waals surface area contributed by atoms with Crippen LogP contribution in [-0.2, 0) is 14.8 Å². The largest absolute Gasteiger partial charge is 0.494 e. The number of para-hydroxylation sites is 1. The summed E-state index contributed by atoms with van der Waals surface area (Å²) < 4.78 is 39.3. The summed E-state index contributed by atoms with van der Waals surface area (Å²) in [7, 11) is -2.20. The number of methoxy groups -OCH3 is 1.